The fourth-order valence-electron chi connectivity index (χ4n) is 1.97. The van der Waals surface area contributed by atoms with E-state index in [-0.39, 0.29) is 5.57 Å². The van der Waals surface area contributed by atoms with Gasteiger partial charge in [0.15, 0.2) is 0 Å². The molecular weight excluding hydrogens is 294 g/mol. The van der Waals surface area contributed by atoms with E-state index in [1.54, 1.807) is 6.26 Å². The van der Waals surface area contributed by atoms with Crippen molar-refractivity contribution in [1.29, 1.82) is 5.26 Å². The van der Waals surface area contributed by atoms with E-state index in [0.29, 0.717) is 5.03 Å². The normalized spacial score (nSPS) is 11.3. The third kappa shape index (κ3) is 3.68. The van der Waals surface area contributed by atoms with E-state index in [1.807, 2.05) is 60.7 Å². The molecule has 0 spiro atoms. The SMILES string of the molecule is CSC(Nc1cccc(-c2ccccc2)c1)=C(C#N)C(N)=O. The van der Waals surface area contributed by atoms with Gasteiger partial charge in [-0.1, -0.05) is 42.5 Å². The Balaban J connectivity index is 2.35. The van der Waals surface area contributed by atoms with Crippen LogP contribution in [0, 0.1) is 11.3 Å². The highest BCUT2D eigenvalue weighted by Crippen LogP contribution is 2.25. The molecule has 5 heteroatoms. The molecular formula is C17H15N3OS. The van der Waals surface area contributed by atoms with Crippen LogP contribution in [0.25, 0.3) is 11.1 Å². The number of hydrogen-bond donors (Lipinski definition) is 2. The zero-order valence-corrected chi connectivity index (χ0v) is 12.9. The third-order valence-corrected chi connectivity index (χ3v) is 3.73. The van der Waals surface area contributed by atoms with E-state index in [9.17, 15) is 4.79 Å². The minimum atomic E-state index is -0.737. The number of amides is 1. The van der Waals surface area contributed by atoms with Crippen molar-refractivity contribution in [3.63, 3.8) is 0 Å². The molecule has 0 heterocycles. The van der Waals surface area contributed by atoms with Crippen LogP contribution in [-0.2, 0) is 4.79 Å². The Labute approximate surface area is 133 Å². The van der Waals surface area contributed by atoms with E-state index in [2.05, 4.69) is 5.32 Å². The number of carbonyl (C=O) groups excluding carboxylic acids is 1. The van der Waals surface area contributed by atoms with Crippen molar-refractivity contribution < 1.29 is 4.79 Å². The predicted molar refractivity (Wildman–Crippen MR) is 90.8 cm³/mol. The van der Waals surface area contributed by atoms with E-state index in [1.165, 1.54) is 11.8 Å². The number of benzene rings is 2. The van der Waals surface area contributed by atoms with Crippen molar-refractivity contribution in [3.05, 3.63) is 65.2 Å². The quantitative estimate of drug-likeness (QED) is 0.656. The molecule has 0 fully saturated rings. The first kappa shape index (κ1) is 15.7. The van der Waals surface area contributed by atoms with Crippen molar-refractivity contribution in [2.45, 2.75) is 0 Å². The lowest BCUT2D eigenvalue weighted by molar-refractivity contribution is -0.114. The number of carbonyl (C=O) groups is 1. The summed E-state index contributed by atoms with van der Waals surface area (Å²) < 4.78 is 0. The van der Waals surface area contributed by atoms with Crippen molar-refractivity contribution in [3.8, 4) is 17.2 Å². The molecule has 0 unspecified atom stereocenters. The maximum atomic E-state index is 11.3. The van der Waals surface area contributed by atoms with Gasteiger partial charge in [-0.2, -0.15) is 5.26 Å². The van der Waals surface area contributed by atoms with Gasteiger partial charge in [-0.05, 0) is 29.5 Å². The van der Waals surface area contributed by atoms with E-state index >= 15 is 0 Å². The average Bonchev–Trinajstić information content (AvgIpc) is 2.55. The van der Waals surface area contributed by atoms with Crippen molar-refractivity contribution in [2.24, 2.45) is 5.73 Å². The lowest BCUT2D eigenvalue weighted by Gasteiger charge is -2.11. The number of nitrogens with two attached hydrogens (primary N) is 1. The van der Waals surface area contributed by atoms with Gasteiger partial charge in [0.1, 0.15) is 11.6 Å². The van der Waals surface area contributed by atoms with Crippen LogP contribution < -0.4 is 11.1 Å². The second kappa shape index (κ2) is 7.34. The fourth-order valence-corrected chi connectivity index (χ4v) is 2.54. The molecule has 0 bridgehead atoms. The van der Waals surface area contributed by atoms with Gasteiger partial charge in [-0.25, -0.2) is 0 Å². The predicted octanol–water partition coefficient (Wildman–Crippen LogP) is 3.35. The van der Waals surface area contributed by atoms with Crippen LogP contribution in [0.4, 0.5) is 5.69 Å². The van der Waals surface area contributed by atoms with Crippen molar-refractivity contribution >= 4 is 23.4 Å². The van der Waals surface area contributed by atoms with Gasteiger partial charge in [-0.3, -0.25) is 4.79 Å². The van der Waals surface area contributed by atoms with Crippen LogP contribution in [0.5, 0.6) is 0 Å². The number of nitriles is 1. The van der Waals surface area contributed by atoms with Gasteiger partial charge < -0.3 is 11.1 Å². The van der Waals surface area contributed by atoms with Crippen LogP contribution in [-0.4, -0.2) is 12.2 Å². The summed E-state index contributed by atoms with van der Waals surface area (Å²) in [5.41, 5.74) is 8.08. The Kier molecular flexibility index (Phi) is 5.23. The summed E-state index contributed by atoms with van der Waals surface area (Å²) in [6.07, 6.45) is 1.78. The van der Waals surface area contributed by atoms with Gasteiger partial charge in [0.25, 0.3) is 5.91 Å². The molecule has 0 saturated carbocycles. The van der Waals surface area contributed by atoms with E-state index in [0.717, 1.165) is 16.8 Å². The summed E-state index contributed by atoms with van der Waals surface area (Å²) in [4.78, 5) is 11.3. The summed E-state index contributed by atoms with van der Waals surface area (Å²) >= 11 is 1.27. The average molecular weight is 309 g/mol. The minimum absolute atomic E-state index is 0.0717. The number of primary amides is 1. The number of thioether (sulfide) groups is 1. The monoisotopic (exact) mass is 309 g/mol. The molecule has 0 radical (unpaired) electrons. The Morgan fingerprint density at radius 1 is 1.14 bits per heavy atom. The molecule has 2 aromatic rings. The second-order valence-electron chi connectivity index (χ2n) is 4.46. The number of hydrogen-bond acceptors (Lipinski definition) is 4. The van der Waals surface area contributed by atoms with Crippen LogP contribution in [0.15, 0.2) is 65.2 Å². The molecule has 4 nitrogen and oxygen atoms in total. The van der Waals surface area contributed by atoms with Gasteiger partial charge in [-0.15, -0.1) is 11.8 Å². The molecule has 0 aliphatic carbocycles. The first-order valence-electron chi connectivity index (χ1n) is 6.56. The minimum Gasteiger partial charge on any atom is -0.365 e. The zero-order valence-electron chi connectivity index (χ0n) is 12.0. The first-order valence-corrected chi connectivity index (χ1v) is 7.79. The first-order chi connectivity index (χ1) is 10.7. The highest BCUT2D eigenvalue weighted by atomic mass is 32.2. The Hall–Kier alpha value is -2.71. The Morgan fingerprint density at radius 3 is 2.41 bits per heavy atom. The summed E-state index contributed by atoms with van der Waals surface area (Å²) in [6, 6.07) is 19.6. The molecule has 22 heavy (non-hydrogen) atoms. The van der Waals surface area contributed by atoms with Gasteiger partial charge in [0, 0.05) is 5.69 Å². The summed E-state index contributed by atoms with van der Waals surface area (Å²) in [7, 11) is 0. The summed E-state index contributed by atoms with van der Waals surface area (Å²) in [5.74, 6) is -0.737. The van der Waals surface area contributed by atoms with E-state index < -0.39 is 5.91 Å². The molecule has 2 aromatic carbocycles. The molecule has 3 N–H and O–H groups in total. The largest absolute Gasteiger partial charge is 0.365 e. The molecule has 0 aliphatic heterocycles. The van der Waals surface area contributed by atoms with Crippen LogP contribution in [0.2, 0.25) is 0 Å². The number of rotatable bonds is 5. The van der Waals surface area contributed by atoms with Gasteiger partial charge in [0.2, 0.25) is 0 Å². The van der Waals surface area contributed by atoms with Crippen molar-refractivity contribution in [1.82, 2.24) is 0 Å². The highest BCUT2D eigenvalue weighted by Gasteiger charge is 2.12. The lowest BCUT2D eigenvalue weighted by Crippen LogP contribution is -2.16. The summed E-state index contributed by atoms with van der Waals surface area (Å²) in [6.45, 7) is 0. The molecule has 2 rings (SSSR count). The number of nitrogens with zero attached hydrogens (tertiary/aromatic N) is 1. The number of nitrogens with one attached hydrogen (secondary N) is 1. The molecule has 0 aliphatic rings. The smallest absolute Gasteiger partial charge is 0.262 e. The van der Waals surface area contributed by atoms with Crippen molar-refractivity contribution in [2.75, 3.05) is 11.6 Å². The summed E-state index contributed by atoms with van der Waals surface area (Å²) in [5, 5.41) is 12.6. The molecule has 110 valence electrons. The van der Waals surface area contributed by atoms with Crippen LogP contribution in [0.1, 0.15) is 0 Å². The molecule has 0 saturated heterocycles. The van der Waals surface area contributed by atoms with Gasteiger partial charge in [0.05, 0.1) is 5.03 Å². The van der Waals surface area contributed by atoms with Gasteiger partial charge >= 0.3 is 0 Å². The zero-order chi connectivity index (χ0) is 15.9. The molecule has 0 atom stereocenters. The molecule has 0 aromatic heterocycles. The third-order valence-electron chi connectivity index (χ3n) is 3.02. The Bertz CT molecular complexity index is 748. The van der Waals surface area contributed by atoms with Crippen LogP contribution >= 0.6 is 11.8 Å². The fraction of sp³-hybridized carbons (Fsp3) is 0.0588. The maximum absolute atomic E-state index is 11.3. The second-order valence-corrected chi connectivity index (χ2v) is 5.27. The molecule has 1 amide bonds. The Morgan fingerprint density at radius 2 is 1.82 bits per heavy atom. The number of anilines is 1. The highest BCUT2D eigenvalue weighted by molar-refractivity contribution is 8.02. The van der Waals surface area contributed by atoms with E-state index in [4.69, 9.17) is 11.0 Å². The van der Waals surface area contributed by atoms with Crippen LogP contribution in [0.3, 0.4) is 0 Å². The topological polar surface area (TPSA) is 78.9 Å². The lowest BCUT2D eigenvalue weighted by atomic mass is 10.1. The maximum Gasteiger partial charge on any atom is 0.262 e. The standard InChI is InChI=1S/C17H15N3OS/c1-22-17(15(11-18)16(19)21)20-14-9-5-8-13(10-14)12-6-3-2-4-7-12/h2-10,20H,1H3,(H2,19,21).